The molecule has 1 heterocycles. The van der Waals surface area contributed by atoms with Crippen LogP contribution in [0.1, 0.15) is 27.9 Å². The number of esters is 1. The molecule has 0 aliphatic heterocycles. The molecule has 0 aliphatic carbocycles. The van der Waals surface area contributed by atoms with Crippen molar-refractivity contribution in [1.82, 2.24) is 9.78 Å². The number of anilines is 1. The van der Waals surface area contributed by atoms with Gasteiger partial charge in [0.1, 0.15) is 5.69 Å². The van der Waals surface area contributed by atoms with E-state index in [1.807, 2.05) is 48.5 Å². The molecular formula is C20H18ClN3O3S. The van der Waals surface area contributed by atoms with E-state index in [0.29, 0.717) is 10.7 Å². The molecule has 0 atom stereocenters. The Hall–Kier alpha value is -2.77. The number of benzene rings is 2. The molecule has 28 heavy (non-hydrogen) atoms. The summed E-state index contributed by atoms with van der Waals surface area (Å²) in [4.78, 5) is 26.4. The molecule has 2 aromatic carbocycles. The smallest absolute Gasteiger partial charge is 0.356 e. The van der Waals surface area contributed by atoms with Crippen LogP contribution in [0, 0.1) is 0 Å². The summed E-state index contributed by atoms with van der Waals surface area (Å²) in [6.45, 7) is 1.97. The number of halogens is 1. The summed E-state index contributed by atoms with van der Waals surface area (Å²) < 4.78 is 6.30. The van der Waals surface area contributed by atoms with E-state index in [0.717, 1.165) is 9.79 Å². The number of carbonyl (C=O) groups is 2. The minimum Gasteiger partial charge on any atom is -0.461 e. The molecule has 3 aromatic rings. The molecule has 0 aliphatic rings. The first-order valence-electron chi connectivity index (χ1n) is 8.53. The van der Waals surface area contributed by atoms with Gasteiger partial charge >= 0.3 is 5.97 Å². The van der Waals surface area contributed by atoms with Crippen LogP contribution in [0.5, 0.6) is 0 Å². The summed E-state index contributed by atoms with van der Waals surface area (Å²) in [6, 6.07) is 16.3. The number of aromatic nitrogens is 2. The van der Waals surface area contributed by atoms with Gasteiger partial charge in [-0.1, -0.05) is 35.5 Å². The van der Waals surface area contributed by atoms with Gasteiger partial charge in [-0.2, -0.15) is 5.10 Å². The molecule has 0 spiro atoms. The molecule has 1 aromatic heterocycles. The molecule has 144 valence electrons. The van der Waals surface area contributed by atoms with Crippen molar-refractivity contribution in [3.05, 3.63) is 71.0 Å². The fraction of sp³-hybridized carbons (Fsp3) is 0.150. The van der Waals surface area contributed by atoms with Gasteiger partial charge in [-0.05, 0) is 43.3 Å². The minimum absolute atomic E-state index is 0.136. The number of carbonyl (C=O) groups excluding carboxylic acids is 2. The summed E-state index contributed by atoms with van der Waals surface area (Å²) in [5, 5.41) is 7.64. The maximum absolute atomic E-state index is 12.6. The predicted octanol–water partition coefficient (Wildman–Crippen LogP) is 4.65. The van der Waals surface area contributed by atoms with Gasteiger partial charge in [-0.3, -0.25) is 9.48 Å². The van der Waals surface area contributed by atoms with Gasteiger partial charge in [0.05, 0.1) is 12.3 Å². The van der Waals surface area contributed by atoms with Gasteiger partial charge in [-0.25, -0.2) is 4.79 Å². The van der Waals surface area contributed by atoms with Crippen molar-refractivity contribution in [3.63, 3.8) is 0 Å². The second-order valence-corrected chi connectivity index (χ2v) is 7.32. The van der Waals surface area contributed by atoms with Crippen molar-refractivity contribution in [2.45, 2.75) is 16.7 Å². The molecule has 0 unspecified atom stereocenters. The lowest BCUT2D eigenvalue weighted by Crippen LogP contribution is -2.13. The van der Waals surface area contributed by atoms with E-state index in [9.17, 15) is 9.59 Å². The second kappa shape index (κ2) is 8.95. The molecule has 8 heteroatoms. The van der Waals surface area contributed by atoms with Gasteiger partial charge in [0.2, 0.25) is 0 Å². The first-order valence-corrected chi connectivity index (χ1v) is 9.72. The normalized spacial score (nSPS) is 10.5. The van der Waals surface area contributed by atoms with Crippen LogP contribution in [0.25, 0.3) is 0 Å². The van der Waals surface area contributed by atoms with Crippen molar-refractivity contribution in [3.8, 4) is 0 Å². The Balaban J connectivity index is 1.78. The largest absolute Gasteiger partial charge is 0.461 e. The molecule has 0 saturated carbocycles. The Kier molecular flexibility index (Phi) is 6.38. The summed E-state index contributed by atoms with van der Waals surface area (Å²) in [6.07, 6.45) is 0. The SMILES string of the molecule is CCOC(=O)c1cc(C(=O)Nc2ccccc2Sc2ccc(Cl)cc2)nn1C. The van der Waals surface area contributed by atoms with Crippen molar-refractivity contribution >= 4 is 40.9 Å². The molecule has 0 radical (unpaired) electrons. The van der Waals surface area contributed by atoms with E-state index in [-0.39, 0.29) is 18.0 Å². The van der Waals surface area contributed by atoms with Crippen LogP contribution in [0.15, 0.2) is 64.4 Å². The maximum Gasteiger partial charge on any atom is 0.356 e. The van der Waals surface area contributed by atoms with Crippen molar-refractivity contribution in [2.24, 2.45) is 7.05 Å². The third-order valence-corrected chi connectivity index (χ3v) is 5.11. The first kappa shape index (κ1) is 20.0. The number of nitrogens with one attached hydrogen (secondary N) is 1. The van der Waals surface area contributed by atoms with Crippen LogP contribution in [-0.4, -0.2) is 28.3 Å². The van der Waals surface area contributed by atoms with E-state index in [2.05, 4.69) is 10.4 Å². The highest BCUT2D eigenvalue weighted by Gasteiger charge is 2.19. The van der Waals surface area contributed by atoms with E-state index in [1.54, 1.807) is 14.0 Å². The summed E-state index contributed by atoms with van der Waals surface area (Å²) in [5.41, 5.74) is 1.00. The monoisotopic (exact) mass is 415 g/mol. The average Bonchev–Trinajstić information content (AvgIpc) is 3.07. The van der Waals surface area contributed by atoms with Crippen molar-refractivity contribution < 1.29 is 14.3 Å². The molecule has 1 amide bonds. The molecular weight excluding hydrogens is 398 g/mol. The zero-order valence-corrected chi connectivity index (χ0v) is 16.9. The Bertz CT molecular complexity index is 1000. The highest BCUT2D eigenvalue weighted by atomic mass is 35.5. The number of para-hydroxylation sites is 1. The summed E-state index contributed by atoms with van der Waals surface area (Å²) >= 11 is 7.44. The third kappa shape index (κ3) is 4.74. The number of nitrogens with zero attached hydrogens (tertiary/aromatic N) is 2. The van der Waals surface area contributed by atoms with Crippen molar-refractivity contribution in [1.29, 1.82) is 0 Å². The van der Waals surface area contributed by atoms with Crippen molar-refractivity contribution in [2.75, 3.05) is 11.9 Å². The number of aryl methyl sites for hydroxylation is 1. The van der Waals surface area contributed by atoms with Gasteiger partial charge in [-0.15, -0.1) is 0 Å². The molecule has 6 nitrogen and oxygen atoms in total. The second-order valence-electron chi connectivity index (χ2n) is 5.77. The van der Waals surface area contributed by atoms with Gasteiger partial charge in [0, 0.05) is 27.9 Å². The lowest BCUT2D eigenvalue weighted by Gasteiger charge is -2.10. The molecule has 3 rings (SSSR count). The molecule has 0 saturated heterocycles. The maximum atomic E-state index is 12.6. The number of hydrogen-bond donors (Lipinski definition) is 1. The van der Waals surface area contributed by atoms with E-state index < -0.39 is 11.9 Å². The van der Waals surface area contributed by atoms with Crippen LogP contribution in [0.4, 0.5) is 5.69 Å². The zero-order valence-electron chi connectivity index (χ0n) is 15.3. The lowest BCUT2D eigenvalue weighted by atomic mass is 10.3. The highest BCUT2D eigenvalue weighted by Crippen LogP contribution is 2.34. The van der Waals surface area contributed by atoms with E-state index >= 15 is 0 Å². The number of hydrogen-bond acceptors (Lipinski definition) is 5. The van der Waals surface area contributed by atoms with Crippen LogP contribution >= 0.6 is 23.4 Å². The first-order chi connectivity index (χ1) is 13.5. The molecule has 0 bridgehead atoms. The Morgan fingerprint density at radius 2 is 1.89 bits per heavy atom. The topological polar surface area (TPSA) is 73.2 Å². The lowest BCUT2D eigenvalue weighted by molar-refractivity contribution is 0.0513. The predicted molar refractivity (Wildman–Crippen MR) is 109 cm³/mol. The van der Waals surface area contributed by atoms with E-state index in [1.165, 1.54) is 22.5 Å². The fourth-order valence-electron chi connectivity index (χ4n) is 2.45. The van der Waals surface area contributed by atoms with E-state index in [4.69, 9.17) is 16.3 Å². The number of ether oxygens (including phenoxy) is 1. The van der Waals surface area contributed by atoms with Crippen LogP contribution in [0.2, 0.25) is 5.02 Å². The molecule has 1 N–H and O–H groups in total. The standard InChI is InChI=1S/C20H18ClN3O3S/c1-3-27-20(26)17-12-16(23-24(17)2)19(25)22-15-6-4-5-7-18(15)28-14-10-8-13(21)9-11-14/h4-12H,3H2,1-2H3,(H,22,25). The van der Waals surface area contributed by atoms with Crippen LogP contribution < -0.4 is 5.32 Å². The average molecular weight is 416 g/mol. The summed E-state index contributed by atoms with van der Waals surface area (Å²) in [7, 11) is 1.59. The van der Waals surface area contributed by atoms with Crippen LogP contribution in [-0.2, 0) is 11.8 Å². The zero-order chi connectivity index (χ0) is 20.1. The Labute approximate surface area is 171 Å². The van der Waals surface area contributed by atoms with Crippen LogP contribution in [0.3, 0.4) is 0 Å². The number of amides is 1. The fourth-order valence-corrected chi connectivity index (χ4v) is 3.48. The van der Waals surface area contributed by atoms with Gasteiger partial charge < -0.3 is 10.1 Å². The Morgan fingerprint density at radius 1 is 1.18 bits per heavy atom. The van der Waals surface area contributed by atoms with Gasteiger partial charge in [0.15, 0.2) is 5.69 Å². The van der Waals surface area contributed by atoms with Gasteiger partial charge in [0.25, 0.3) is 5.91 Å². The Morgan fingerprint density at radius 3 is 2.61 bits per heavy atom. The third-order valence-electron chi connectivity index (χ3n) is 3.77. The summed E-state index contributed by atoms with van der Waals surface area (Å²) in [5.74, 6) is -0.925. The minimum atomic E-state index is -0.518. The number of rotatable bonds is 6. The quantitative estimate of drug-likeness (QED) is 0.593. The molecule has 0 fully saturated rings. The highest BCUT2D eigenvalue weighted by molar-refractivity contribution is 7.99.